The normalized spacial score (nSPS) is 16.3. The molecule has 1 heterocycles. The van der Waals surface area contributed by atoms with E-state index in [1.807, 2.05) is 73.6 Å². The Morgan fingerprint density at radius 2 is 1.68 bits per heavy atom. The van der Waals surface area contributed by atoms with Crippen molar-refractivity contribution >= 4 is 41.7 Å². The van der Waals surface area contributed by atoms with E-state index in [2.05, 4.69) is 0 Å². The van der Waals surface area contributed by atoms with Gasteiger partial charge in [-0.1, -0.05) is 23.7 Å². The number of anilines is 1. The fourth-order valence-corrected chi connectivity index (χ4v) is 4.30. The van der Waals surface area contributed by atoms with Crippen LogP contribution in [0.2, 0.25) is 5.02 Å². The summed E-state index contributed by atoms with van der Waals surface area (Å²) in [5.41, 5.74) is 0.999. The van der Waals surface area contributed by atoms with E-state index >= 15 is 0 Å². The molecule has 3 rings (SSSR count). The molecule has 0 N–H and O–H groups in total. The number of esters is 1. The van der Waals surface area contributed by atoms with Crippen LogP contribution in [0.4, 0.5) is 5.69 Å². The van der Waals surface area contributed by atoms with Gasteiger partial charge in [0.15, 0.2) is 0 Å². The van der Waals surface area contributed by atoms with Crippen molar-refractivity contribution in [3.63, 3.8) is 0 Å². The average Bonchev–Trinajstić information content (AvgIpc) is 3.01. The SMILES string of the molecule is Cc1cccc(OCCCC(=O)OC(C)(C)C)c1N(C)C(=O)c1ccc(Cl)c(B2OC(C)(C)C(C)(C)O2)c1. The number of para-hydroxylation sites is 1. The summed E-state index contributed by atoms with van der Waals surface area (Å²) < 4.78 is 23.7. The Labute approximate surface area is 231 Å². The number of carbonyl (C=O) groups is 2. The fourth-order valence-electron chi connectivity index (χ4n) is 4.09. The van der Waals surface area contributed by atoms with Gasteiger partial charge in [-0.25, -0.2) is 0 Å². The minimum Gasteiger partial charge on any atom is -0.491 e. The van der Waals surface area contributed by atoms with Gasteiger partial charge in [-0.2, -0.15) is 0 Å². The molecular formula is C29H39BClNO6. The van der Waals surface area contributed by atoms with Gasteiger partial charge >= 0.3 is 13.1 Å². The van der Waals surface area contributed by atoms with E-state index in [0.29, 0.717) is 40.5 Å². The minimum absolute atomic E-state index is 0.229. The summed E-state index contributed by atoms with van der Waals surface area (Å²) in [6.45, 7) is 15.6. The largest absolute Gasteiger partial charge is 0.496 e. The number of ether oxygens (including phenoxy) is 2. The predicted octanol–water partition coefficient (Wildman–Crippen LogP) is 5.72. The van der Waals surface area contributed by atoms with E-state index in [9.17, 15) is 9.59 Å². The van der Waals surface area contributed by atoms with Gasteiger partial charge in [-0.15, -0.1) is 0 Å². The molecule has 9 heteroatoms. The Morgan fingerprint density at radius 3 is 2.29 bits per heavy atom. The van der Waals surface area contributed by atoms with Crippen LogP contribution in [0.3, 0.4) is 0 Å². The Hall–Kier alpha value is -2.55. The topological polar surface area (TPSA) is 74.3 Å². The van der Waals surface area contributed by atoms with Gasteiger partial charge in [-0.3, -0.25) is 9.59 Å². The number of amides is 1. The first-order valence-electron chi connectivity index (χ1n) is 12.9. The van der Waals surface area contributed by atoms with Crippen LogP contribution in [-0.2, 0) is 18.8 Å². The number of halogens is 1. The van der Waals surface area contributed by atoms with E-state index < -0.39 is 23.9 Å². The van der Waals surface area contributed by atoms with Crippen LogP contribution >= 0.6 is 11.6 Å². The first kappa shape index (κ1) is 30.0. The lowest BCUT2D eigenvalue weighted by molar-refractivity contribution is -0.155. The molecule has 0 aliphatic carbocycles. The van der Waals surface area contributed by atoms with E-state index in [1.165, 1.54) is 0 Å². The van der Waals surface area contributed by atoms with Crippen molar-refractivity contribution in [1.29, 1.82) is 0 Å². The number of rotatable bonds is 8. The van der Waals surface area contributed by atoms with Crippen LogP contribution in [0.5, 0.6) is 5.75 Å². The van der Waals surface area contributed by atoms with Crippen molar-refractivity contribution in [2.75, 3.05) is 18.6 Å². The molecule has 206 valence electrons. The van der Waals surface area contributed by atoms with Gasteiger partial charge < -0.3 is 23.7 Å². The third-order valence-electron chi connectivity index (χ3n) is 6.79. The van der Waals surface area contributed by atoms with Gasteiger partial charge in [0, 0.05) is 29.5 Å². The van der Waals surface area contributed by atoms with Gasteiger partial charge in [-0.05, 0) is 91.6 Å². The zero-order chi connectivity index (χ0) is 28.5. The molecule has 0 radical (unpaired) electrons. The molecule has 1 aliphatic heterocycles. The summed E-state index contributed by atoms with van der Waals surface area (Å²) in [4.78, 5) is 27.2. The molecule has 1 fully saturated rings. The molecule has 1 amide bonds. The van der Waals surface area contributed by atoms with Crippen molar-refractivity contribution in [2.24, 2.45) is 0 Å². The first-order valence-corrected chi connectivity index (χ1v) is 13.3. The predicted molar refractivity (Wildman–Crippen MR) is 152 cm³/mol. The molecule has 1 aliphatic rings. The molecule has 0 atom stereocenters. The van der Waals surface area contributed by atoms with Crippen molar-refractivity contribution in [2.45, 2.75) is 85.0 Å². The highest BCUT2D eigenvalue weighted by atomic mass is 35.5. The van der Waals surface area contributed by atoms with Crippen molar-refractivity contribution in [3.8, 4) is 5.75 Å². The van der Waals surface area contributed by atoms with Crippen LogP contribution in [0, 0.1) is 6.92 Å². The van der Waals surface area contributed by atoms with Gasteiger partial charge in [0.1, 0.15) is 11.4 Å². The second-order valence-electron chi connectivity index (χ2n) is 11.6. The lowest BCUT2D eigenvalue weighted by Gasteiger charge is -2.32. The van der Waals surface area contributed by atoms with Crippen molar-refractivity contribution in [3.05, 3.63) is 52.5 Å². The number of hydrogen-bond donors (Lipinski definition) is 0. The van der Waals surface area contributed by atoms with E-state index in [-0.39, 0.29) is 18.3 Å². The van der Waals surface area contributed by atoms with Crippen LogP contribution in [0.15, 0.2) is 36.4 Å². The molecule has 38 heavy (non-hydrogen) atoms. The highest BCUT2D eigenvalue weighted by Crippen LogP contribution is 2.37. The summed E-state index contributed by atoms with van der Waals surface area (Å²) in [6.07, 6.45) is 0.744. The second kappa shape index (κ2) is 11.3. The molecule has 2 aromatic rings. The number of benzene rings is 2. The molecule has 0 aromatic heterocycles. The van der Waals surface area contributed by atoms with Gasteiger partial charge in [0.2, 0.25) is 0 Å². The Bertz CT molecular complexity index is 1170. The molecule has 7 nitrogen and oxygen atoms in total. The van der Waals surface area contributed by atoms with Crippen molar-refractivity contribution in [1.82, 2.24) is 0 Å². The summed E-state index contributed by atoms with van der Waals surface area (Å²) in [7, 11) is 1.02. The zero-order valence-electron chi connectivity index (χ0n) is 23.9. The summed E-state index contributed by atoms with van der Waals surface area (Å²) in [5, 5.41) is 0.465. The van der Waals surface area contributed by atoms with E-state index in [4.69, 9.17) is 30.4 Å². The average molecular weight is 544 g/mol. The second-order valence-corrected chi connectivity index (χ2v) is 12.1. The monoisotopic (exact) mass is 543 g/mol. The van der Waals surface area contributed by atoms with E-state index in [0.717, 1.165) is 5.56 Å². The molecule has 1 saturated heterocycles. The lowest BCUT2D eigenvalue weighted by atomic mass is 9.78. The summed E-state index contributed by atoms with van der Waals surface area (Å²) >= 11 is 6.50. The van der Waals surface area contributed by atoms with Crippen LogP contribution in [0.1, 0.15) is 77.2 Å². The van der Waals surface area contributed by atoms with Crippen molar-refractivity contribution < 1.29 is 28.4 Å². The highest BCUT2D eigenvalue weighted by Gasteiger charge is 2.52. The van der Waals surface area contributed by atoms with Gasteiger partial charge in [0.25, 0.3) is 5.91 Å². The smallest absolute Gasteiger partial charge is 0.491 e. The molecule has 0 unspecified atom stereocenters. The summed E-state index contributed by atoms with van der Waals surface area (Å²) in [6, 6.07) is 10.7. The van der Waals surface area contributed by atoms with Gasteiger partial charge in [0.05, 0.1) is 23.5 Å². The Morgan fingerprint density at radius 1 is 1.05 bits per heavy atom. The molecule has 0 spiro atoms. The third-order valence-corrected chi connectivity index (χ3v) is 7.14. The molecular weight excluding hydrogens is 505 g/mol. The highest BCUT2D eigenvalue weighted by molar-refractivity contribution is 6.65. The zero-order valence-corrected chi connectivity index (χ0v) is 24.7. The quantitative estimate of drug-likeness (QED) is 0.241. The fraction of sp³-hybridized carbons (Fsp3) is 0.517. The maximum Gasteiger partial charge on any atom is 0.496 e. The maximum atomic E-state index is 13.6. The number of aryl methyl sites for hydroxylation is 1. The summed E-state index contributed by atoms with van der Waals surface area (Å²) in [5.74, 6) is 0.0657. The van der Waals surface area contributed by atoms with Crippen LogP contribution in [-0.4, -0.2) is 49.5 Å². The third kappa shape index (κ3) is 6.90. The Kier molecular flexibility index (Phi) is 8.91. The van der Waals surface area contributed by atoms with Crippen LogP contribution in [0.25, 0.3) is 0 Å². The van der Waals surface area contributed by atoms with E-state index in [1.54, 1.807) is 30.1 Å². The first-order chi connectivity index (χ1) is 17.5. The molecule has 0 bridgehead atoms. The number of carbonyl (C=O) groups excluding carboxylic acids is 2. The van der Waals surface area contributed by atoms with Crippen LogP contribution < -0.4 is 15.1 Å². The minimum atomic E-state index is -0.687. The standard InChI is InChI=1S/C29H39BClNO6/c1-19-12-10-13-23(35-17-11-14-24(33)36-27(2,3)4)25(19)32(9)26(34)20-15-16-22(31)21(18-20)30-37-28(5,6)29(7,8)38-30/h10,12-13,15-16,18H,11,14,17H2,1-9H3. The molecule has 0 saturated carbocycles. The Balaban J connectivity index is 1.76. The number of nitrogens with zero attached hydrogens (tertiary/aromatic N) is 1. The number of hydrogen-bond acceptors (Lipinski definition) is 6. The maximum absolute atomic E-state index is 13.6. The lowest BCUT2D eigenvalue weighted by Crippen LogP contribution is -2.41. The molecule has 2 aromatic carbocycles.